The van der Waals surface area contributed by atoms with Gasteiger partial charge in [-0.3, -0.25) is 9.59 Å². The minimum Gasteiger partial charge on any atom is -0.477 e. The summed E-state index contributed by atoms with van der Waals surface area (Å²) in [4.78, 5) is 27.8. The first-order valence-corrected chi connectivity index (χ1v) is 14.0. The van der Waals surface area contributed by atoms with Crippen LogP contribution in [0, 0.1) is 0 Å². The molecule has 0 spiro atoms. The van der Waals surface area contributed by atoms with Crippen molar-refractivity contribution in [2.75, 3.05) is 24.2 Å². The van der Waals surface area contributed by atoms with Crippen LogP contribution in [0.25, 0.3) is 0 Å². The van der Waals surface area contributed by atoms with Crippen LogP contribution in [0.15, 0.2) is 72.8 Å². The number of halogens is 2. The Morgan fingerprint density at radius 2 is 1.70 bits per heavy atom. The van der Waals surface area contributed by atoms with E-state index >= 15 is 0 Å². The molecule has 194 valence electrons. The number of nitrogens with one attached hydrogen (secondary N) is 1. The van der Waals surface area contributed by atoms with Gasteiger partial charge in [-0.05, 0) is 35.4 Å². The SMILES string of the molecule is CS(=O)(=O)N(CC(=O)N1CC(C(=O)NCc2ccccc2)Oc2ccccc21)Cc1ccc(Cl)c(Cl)c1. The van der Waals surface area contributed by atoms with Crippen LogP contribution in [0.4, 0.5) is 5.69 Å². The summed E-state index contributed by atoms with van der Waals surface area (Å²) in [5.41, 5.74) is 1.96. The quantitative estimate of drug-likeness (QED) is 0.450. The molecule has 1 atom stereocenters. The number of hydrogen-bond donors (Lipinski definition) is 1. The van der Waals surface area contributed by atoms with Gasteiger partial charge in [0, 0.05) is 13.1 Å². The van der Waals surface area contributed by atoms with Gasteiger partial charge in [-0.25, -0.2) is 8.42 Å². The average molecular weight is 562 g/mol. The van der Waals surface area contributed by atoms with Crippen molar-refractivity contribution in [2.24, 2.45) is 0 Å². The second kappa shape index (κ2) is 11.5. The Morgan fingerprint density at radius 1 is 1.00 bits per heavy atom. The van der Waals surface area contributed by atoms with E-state index in [1.54, 1.807) is 42.5 Å². The monoisotopic (exact) mass is 561 g/mol. The van der Waals surface area contributed by atoms with Gasteiger partial charge in [0.2, 0.25) is 15.9 Å². The van der Waals surface area contributed by atoms with Crippen molar-refractivity contribution in [3.63, 3.8) is 0 Å². The Bertz CT molecular complexity index is 1400. The number of sulfonamides is 1. The molecule has 0 radical (unpaired) electrons. The van der Waals surface area contributed by atoms with Crippen LogP contribution in [-0.2, 0) is 32.7 Å². The second-order valence-corrected chi connectivity index (χ2v) is 11.4. The molecule has 3 aromatic carbocycles. The molecule has 3 aromatic rings. The highest BCUT2D eigenvalue weighted by atomic mass is 35.5. The normalized spacial score (nSPS) is 15.1. The van der Waals surface area contributed by atoms with E-state index < -0.39 is 28.6 Å². The first-order chi connectivity index (χ1) is 17.6. The van der Waals surface area contributed by atoms with E-state index in [-0.39, 0.29) is 24.0 Å². The number of benzene rings is 3. The van der Waals surface area contributed by atoms with Gasteiger partial charge in [0.05, 0.1) is 35.1 Å². The largest absolute Gasteiger partial charge is 0.477 e. The number of fused-ring (bicyclic) bond motifs is 1. The van der Waals surface area contributed by atoms with Crippen molar-refractivity contribution in [3.05, 3.63) is 94.0 Å². The van der Waals surface area contributed by atoms with E-state index in [4.69, 9.17) is 27.9 Å². The zero-order valence-electron chi connectivity index (χ0n) is 19.9. The molecular weight excluding hydrogens is 537 g/mol. The van der Waals surface area contributed by atoms with E-state index in [1.807, 2.05) is 30.3 Å². The molecule has 8 nitrogen and oxygen atoms in total. The molecule has 1 N–H and O–H groups in total. The van der Waals surface area contributed by atoms with Gasteiger partial charge in [-0.15, -0.1) is 0 Å². The number of ether oxygens (including phenoxy) is 1. The Labute approximate surface area is 225 Å². The van der Waals surface area contributed by atoms with Gasteiger partial charge in [0.1, 0.15) is 5.75 Å². The van der Waals surface area contributed by atoms with E-state index in [2.05, 4.69) is 5.32 Å². The fourth-order valence-electron chi connectivity index (χ4n) is 3.87. The lowest BCUT2D eigenvalue weighted by atomic mass is 10.1. The van der Waals surface area contributed by atoms with Gasteiger partial charge >= 0.3 is 0 Å². The Balaban J connectivity index is 1.52. The summed E-state index contributed by atoms with van der Waals surface area (Å²) in [5, 5.41) is 3.46. The highest BCUT2D eigenvalue weighted by Gasteiger charge is 2.35. The number of hydrogen-bond acceptors (Lipinski definition) is 5. The lowest BCUT2D eigenvalue weighted by molar-refractivity contribution is -0.128. The molecule has 4 rings (SSSR count). The van der Waals surface area contributed by atoms with Gasteiger partial charge in [-0.2, -0.15) is 4.31 Å². The second-order valence-electron chi connectivity index (χ2n) is 8.56. The predicted octanol–water partition coefficient (Wildman–Crippen LogP) is 3.87. The van der Waals surface area contributed by atoms with Crippen LogP contribution in [-0.4, -0.2) is 50.0 Å². The standard InChI is InChI=1S/C26H25Cl2N3O5S/c1-37(34,35)30(15-19-11-12-20(27)21(28)13-19)17-25(32)31-16-24(36-23-10-6-5-9-22(23)31)26(33)29-14-18-7-3-2-4-8-18/h2-13,24H,14-17H2,1H3,(H,29,33). The number of anilines is 1. The Kier molecular flexibility index (Phi) is 8.39. The summed E-state index contributed by atoms with van der Waals surface area (Å²) in [6, 6.07) is 21.0. The number of carbonyl (C=O) groups is 2. The van der Waals surface area contributed by atoms with Crippen molar-refractivity contribution in [1.29, 1.82) is 0 Å². The van der Waals surface area contributed by atoms with Gasteiger partial charge in [0.25, 0.3) is 5.91 Å². The maximum absolute atomic E-state index is 13.5. The van der Waals surface area contributed by atoms with Gasteiger partial charge < -0.3 is 15.0 Å². The minimum absolute atomic E-state index is 0.0686. The van der Waals surface area contributed by atoms with E-state index in [9.17, 15) is 18.0 Å². The van der Waals surface area contributed by atoms with Gasteiger partial charge in [0.15, 0.2) is 6.10 Å². The fourth-order valence-corrected chi connectivity index (χ4v) is 4.92. The van der Waals surface area contributed by atoms with Crippen LogP contribution >= 0.6 is 23.2 Å². The van der Waals surface area contributed by atoms with Crippen LogP contribution in [0.2, 0.25) is 10.0 Å². The van der Waals surface area contributed by atoms with Gasteiger partial charge in [-0.1, -0.05) is 71.7 Å². The summed E-state index contributed by atoms with van der Waals surface area (Å²) < 4.78 is 32.0. The summed E-state index contributed by atoms with van der Waals surface area (Å²) in [5.74, 6) is -0.522. The number of rotatable bonds is 8. The smallest absolute Gasteiger partial charge is 0.263 e. The number of amides is 2. The third-order valence-electron chi connectivity index (χ3n) is 5.80. The predicted molar refractivity (Wildman–Crippen MR) is 143 cm³/mol. The molecule has 0 aliphatic carbocycles. The van der Waals surface area contributed by atoms with Crippen molar-refractivity contribution >= 4 is 50.7 Å². The molecule has 0 fully saturated rings. The highest BCUT2D eigenvalue weighted by Crippen LogP contribution is 2.33. The summed E-state index contributed by atoms with van der Waals surface area (Å²) in [6.07, 6.45) is 0.0644. The van der Waals surface area contributed by atoms with Crippen LogP contribution < -0.4 is 15.0 Å². The average Bonchev–Trinajstić information content (AvgIpc) is 2.88. The maximum atomic E-state index is 13.5. The zero-order valence-corrected chi connectivity index (χ0v) is 22.3. The third kappa shape index (κ3) is 6.81. The first kappa shape index (κ1) is 26.9. The molecule has 11 heteroatoms. The van der Waals surface area contributed by atoms with E-state index in [1.165, 1.54) is 4.90 Å². The third-order valence-corrected chi connectivity index (χ3v) is 7.74. The summed E-state index contributed by atoms with van der Waals surface area (Å²) in [7, 11) is -3.77. The molecule has 1 heterocycles. The zero-order chi connectivity index (χ0) is 26.6. The molecular formula is C26H25Cl2N3O5S. The van der Waals surface area contributed by atoms with Crippen LogP contribution in [0.1, 0.15) is 11.1 Å². The molecule has 1 aliphatic rings. The molecule has 37 heavy (non-hydrogen) atoms. The highest BCUT2D eigenvalue weighted by molar-refractivity contribution is 7.88. The van der Waals surface area contributed by atoms with Crippen molar-refractivity contribution in [2.45, 2.75) is 19.2 Å². The molecule has 0 saturated heterocycles. The molecule has 1 unspecified atom stereocenters. The number of carbonyl (C=O) groups excluding carboxylic acids is 2. The summed E-state index contributed by atoms with van der Waals surface area (Å²) >= 11 is 12.0. The number of nitrogens with zero attached hydrogens (tertiary/aromatic N) is 2. The van der Waals surface area contributed by atoms with E-state index in [0.717, 1.165) is 16.1 Å². The lowest BCUT2D eigenvalue weighted by Crippen LogP contribution is -2.52. The lowest BCUT2D eigenvalue weighted by Gasteiger charge is -2.35. The van der Waals surface area contributed by atoms with Crippen molar-refractivity contribution in [1.82, 2.24) is 9.62 Å². The minimum atomic E-state index is -3.77. The molecule has 0 aromatic heterocycles. The maximum Gasteiger partial charge on any atom is 0.263 e. The van der Waals surface area contributed by atoms with Crippen LogP contribution in [0.5, 0.6) is 5.75 Å². The first-order valence-electron chi connectivity index (χ1n) is 11.4. The fraction of sp³-hybridized carbons (Fsp3) is 0.231. The van der Waals surface area contributed by atoms with Crippen molar-refractivity contribution in [3.8, 4) is 5.75 Å². The molecule has 0 saturated carbocycles. The van der Waals surface area contributed by atoms with Crippen molar-refractivity contribution < 1.29 is 22.7 Å². The Hall–Kier alpha value is -3.11. The molecule has 2 amide bonds. The van der Waals surface area contributed by atoms with Crippen LogP contribution in [0.3, 0.4) is 0 Å². The molecule has 0 bridgehead atoms. The molecule has 1 aliphatic heterocycles. The van der Waals surface area contributed by atoms with E-state index in [0.29, 0.717) is 28.6 Å². The topological polar surface area (TPSA) is 96.0 Å². The Morgan fingerprint density at radius 3 is 2.41 bits per heavy atom. The summed E-state index contributed by atoms with van der Waals surface area (Å²) in [6.45, 7) is -0.276. The number of para-hydroxylation sites is 2.